The van der Waals surface area contributed by atoms with Crippen molar-refractivity contribution in [3.05, 3.63) is 41.2 Å². The highest BCUT2D eigenvalue weighted by Crippen LogP contribution is 2.26. The second kappa shape index (κ2) is 5.26. The van der Waals surface area contributed by atoms with Crippen molar-refractivity contribution in [1.82, 2.24) is 9.97 Å². The van der Waals surface area contributed by atoms with E-state index in [9.17, 15) is 0 Å². The lowest BCUT2D eigenvalue weighted by molar-refractivity contribution is 0.459. The van der Waals surface area contributed by atoms with Crippen molar-refractivity contribution in [2.24, 2.45) is 0 Å². The van der Waals surface area contributed by atoms with Gasteiger partial charge in [-0.25, -0.2) is 4.98 Å². The molecule has 0 spiro atoms. The van der Waals surface area contributed by atoms with Crippen LogP contribution in [0, 0.1) is 13.8 Å². The molecule has 0 aliphatic rings. The number of aromatic nitrogens is 2. The van der Waals surface area contributed by atoms with E-state index in [0.29, 0.717) is 23.4 Å². The van der Waals surface area contributed by atoms with Crippen molar-refractivity contribution in [3.8, 4) is 11.6 Å². The highest BCUT2D eigenvalue weighted by Gasteiger charge is 2.07. The minimum Gasteiger partial charge on any atom is -0.439 e. The van der Waals surface area contributed by atoms with Crippen LogP contribution in [0.25, 0.3) is 0 Å². The van der Waals surface area contributed by atoms with Crippen LogP contribution in [0.3, 0.4) is 0 Å². The fourth-order valence-electron chi connectivity index (χ4n) is 2.09. The Labute approximate surface area is 113 Å². The summed E-state index contributed by atoms with van der Waals surface area (Å²) in [4.78, 5) is 8.22. The third kappa shape index (κ3) is 3.22. The van der Waals surface area contributed by atoms with E-state index in [4.69, 9.17) is 10.5 Å². The number of hydrogen-bond donors (Lipinski definition) is 1. The predicted octanol–water partition coefficient (Wildman–Crippen LogP) is 3.59. The van der Waals surface area contributed by atoms with E-state index in [1.807, 2.05) is 12.1 Å². The highest BCUT2D eigenvalue weighted by atomic mass is 16.5. The van der Waals surface area contributed by atoms with E-state index >= 15 is 0 Å². The van der Waals surface area contributed by atoms with Gasteiger partial charge in [0.1, 0.15) is 17.4 Å². The molecule has 100 valence electrons. The number of anilines is 1. The molecule has 0 unspecified atom stereocenters. The summed E-state index contributed by atoms with van der Waals surface area (Å²) in [6.07, 6.45) is 0. The quantitative estimate of drug-likeness (QED) is 0.912. The van der Waals surface area contributed by atoms with E-state index < -0.39 is 0 Å². The van der Waals surface area contributed by atoms with E-state index in [-0.39, 0.29) is 0 Å². The smallest absolute Gasteiger partial charge is 0.224 e. The maximum atomic E-state index is 5.72. The van der Waals surface area contributed by atoms with Crippen LogP contribution in [0.15, 0.2) is 24.3 Å². The Morgan fingerprint density at radius 1 is 1.11 bits per heavy atom. The van der Waals surface area contributed by atoms with E-state index in [1.165, 1.54) is 11.1 Å². The van der Waals surface area contributed by atoms with Gasteiger partial charge in [0.05, 0.1) is 0 Å². The van der Waals surface area contributed by atoms with Gasteiger partial charge in [-0.05, 0) is 43.0 Å². The Morgan fingerprint density at radius 3 is 2.42 bits per heavy atom. The predicted molar refractivity (Wildman–Crippen MR) is 76.5 cm³/mol. The second-order valence-corrected chi connectivity index (χ2v) is 4.95. The molecule has 2 N–H and O–H groups in total. The molecule has 0 amide bonds. The highest BCUT2D eigenvalue weighted by molar-refractivity contribution is 5.40. The van der Waals surface area contributed by atoms with Crippen LogP contribution in [0.4, 0.5) is 5.82 Å². The standard InChI is InChI=1S/C15H19N3O/c1-9(2)13-6-5-12(7-10(13)3)19-15-8-14(16)17-11(4)18-15/h5-9H,1-4H3,(H2,16,17,18). The minimum absolute atomic E-state index is 0.415. The summed E-state index contributed by atoms with van der Waals surface area (Å²) in [5.74, 6) is 2.76. The summed E-state index contributed by atoms with van der Waals surface area (Å²) in [5.41, 5.74) is 8.21. The fourth-order valence-corrected chi connectivity index (χ4v) is 2.09. The molecule has 2 rings (SSSR count). The number of benzene rings is 1. The molecule has 0 radical (unpaired) electrons. The molecule has 1 aromatic carbocycles. The van der Waals surface area contributed by atoms with Gasteiger partial charge in [0.2, 0.25) is 5.88 Å². The summed E-state index contributed by atoms with van der Waals surface area (Å²) in [7, 11) is 0. The van der Waals surface area contributed by atoms with Gasteiger partial charge in [-0.1, -0.05) is 19.9 Å². The molecule has 1 aromatic heterocycles. The number of aryl methyl sites for hydroxylation is 2. The van der Waals surface area contributed by atoms with Crippen LogP contribution in [0.1, 0.15) is 36.7 Å². The molecule has 0 aliphatic heterocycles. The zero-order valence-electron chi connectivity index (χ0n) is 11.8. The Balaban J connectivity index is 2.26. The Bertz CT molecular complexity index is 574. The molecule has 1 heterocycles. The number of rotatable bonds is 3. The summed E-state index contributed by atoms with van der Waals surface area (Å²) < 4.78 is 5.72. The van der Waals surface area contributed by atoms with Crippen LogP contribution in [-0.4, -0.2) is 9.97 Å². The van der Waals surface area contributed by atoms with Crippen LogP contribution in [-0.2, 0) is 0 Å². The first-order valence-electron chi connectivity index (χ1n) is 6.35. The van der Waals surface area contributed by atoms with Gasteiger partial charge in [0.15, 0.2) is 0 Å². The van der Waals surface area contributed by atoms with E-state index in [2.05, 4.69) is 36.8 Å². The normalized spacial score (nSPS) is 10.8. The number of hydrogen-bond acceptors (Lipinski definition) is 4. The molecule has 0 atom stereocenters. The SMILES string of the molecule is Cc1nc(N)cc(Oc2ccc(C(C)C)c(C)c2)n1. The lowest BCUT2D eigenvalue weighted by Crippen LogP contribution is -1.98. The molecule has 0 aliphatic carbocycles. The molecule has 2 aromatic rings. The molecule has 0 bridgehead atoms. The average Bonchev–Trinajstić information content (AvgIpc) is 2.26. The largest absolute Gasteiger partial charge is 0.439 e. The number of nitrogen functional groups attached to an aromatic ring is 1. The molecule has 4 nitrogen and oxygen atoms in total. The van der Waals surface area contributed by atoms with Crippen LogP contribution in [0.2, 0.25) is 0 Å². The summed E-state index contributed by atoms with van der Waals surface area (Å²) in [6, 6.07) is 7.68. The molecule has 0 saturated carbocycles. The first-order chi connectivity index (χ1) is 8.95. The summed E-state index contributed by atoms with van der Waals surface area (Å²) >= 11 is 0. The second-order valence-electron chi connectivity index (χ2n) is 4.95. The minimum atomic E-state index is 0.415. The van der Waals surface area contributed by atoms with Crippen molar-refractivity contribution < 1.29 is 4.74 Å². The third-order valence-electron chi connectivity index (χ3n) is 2.92. The van der Waals surface area contributed by atoms with Gasteiger partial charge >= 0.3 is 0 Å². The monoisotopic (exact) mass is 257 g/mol. The van der Waals surface area contributed by atoms with Gasteiger partial charge in [0.25, 0.3) is 0 Å². The van der Waals surface area contributed by atoms with Crippen molar-refractivity contribution in [2.75, 3.05) is 5.73 Å². The molecular formula is C15H19N3O. The lowest BCUT2D eigenvalue weighted by atomic mass is 9.98. The lowest BCUT2D eigenvalue weighted by Gasteiger charge is -2.12. The van der Waals surface area contributed by atoms with Gasteiger partial charge in [-0.2, -0.15) is 4.98 Å². The van der Waals surface area contributed by atoms with Gasteiger partial charge < -0.3 is 10.5 Å². The molecule has 0 fully saturated rings. The first-order valence-corrected chi connectivity index (χ1v) is 6.35. The van der Waals surface area contributed by atoms with E-state index in [1.54, 1.807) is 13.0 Å². The molecule has 4 heteroatoms. The number of nitrogens with zero attached hydrogens (tertiary/aromatic N) is 2. The zero-order chi connectivity index (χ0) is 14.0. The summed E-state index contributed by atoms with van der Waals surface area (Å²) in [6.45, 7) is 8.23. The van der Waals surface area contributed by atoms with Crippen molar-refractivity contribution >= 4 is 5.82 Å². The Morgan fingerprint density at radius 2 is 1.84 bits per heavy atom. The van der Waals surface area contributed by atoms with Gasteiger partial charge in [-0.15, -0.1) is 0 Å². The van der Waals surface area contributed by atoms with Crippen molar-refractivity contribution in [1.29, 1.82) is 0 Å². The maximum absolute atomic E-state index is 5.72. The van der Waals surface area contributed by atoms with Gasteiger partial charge in [0, 0.05) is 6.07 Å². The number of nitrogens with two attached hydrogens (primary N) is 1. The van der Waals surface area contributed by atoms with Crippen molar-refractivity contribution in [3.63, 3.8) is 0 Å². The third-order valence-corrected chi connectivity index (χ3v) is 2.92. The molecule has 0 saturated heterocycles. The molecule has 19 heavy (non-hydrogen) atoms. The first kappa shape index (κ1) is 13.3. The van der Waals surface area contributed by atoms with Crippen molar-refractivity contribution in [2.45, 2.75) is 33.6 Å². The number of ether oxygens (including phenoxy) is 1. The topological polar surface area (TPSA) is 61.0 Å². The summed E-state index contributed by atoms with van der Waals surface area (Å²) in [5, 5.41) is 0. The Kier molecular flexibility index (Phi) is 3.69. The Hall–Kier alpha value is -2.10. The van der Waals surface area contributed by atoms with Crippen LogP contribution >= 0.6 is 0 Å². The maximum Gasteiger partial charge on any atom is 0.224 e. The van der Waals surface area contributed by atoms with Gasteiger partial charge in [-0.3, -0.25) is 0 Å². The zero-order valence-corrected chi connectivity index (χ0v) is 11.8. The average molecular weight is 257 g/mol. The fraction of sp³-hybridized carbons (Fsp3) is 0.333. The van der Waals surface area contributed by atoms with E-state index in [0.717, 1.165) is 5.75 Å². The van der Waals surface area contributed by atoms with Crippen LogP contribution < -0.4 is 10.5 Å². The van der Waals surface area contributed by atoms with Crippen LogP contribution in [0.5, 0.6) is 11.6 Å². The molecular weight excluding hydrogens is 238 g/mol.